The second-order valence-corrected chi connectivity index (χ2v) is 3.32. The topological polar surface area (TPSA) is 56.5 Å². The number of rotatable bonds is 7. The molecule has 13 heavy (non-hydrogen) atoms. The van der Waals surface area contributed by atoms with E-state index < -0.39 is 0 Å². The molecule has 0 aromatic rings. The molecule has 0 aromatic carbocycles. The van der Waals surface area contributed by atoms with E-state index in [4.69, 9.17) is 15.3 Å². The molecule has 0 rings (SSSR count). The van der Waals surface area contributed by atoms with E-state index in [0.717, 1.165) is 0 Å². The summed E-state index contributed by atoms with van der Waals surface area (Å²) >= 11 is 0. The summed E-state index contributed by atoms with van der Waals surface area (Å²) in [6.45, 7) is 9.22. The number of nitrogens with one attached hydrogen (secondary N) is 1. The Hall–Kier alpha value is -0.160. The largest absolute Gasteiger partial charge is 0.377 e. The molecule has 0 aliphatic rings. The molecule has 0 amide bonds. The monoisotopic (exact) mass is 190 g/mol. The molecule has 4 heteroatoms. The van der Waals surface area contributed by atoms with Gasteiger partial charge in [0.2, 0.25) is 0 Å². The molecular weight excluding hydrogens is 168 g/mol. The highest BCUT2D eigenvalue weighted by atomic mass is 16.5. The summed E-state index contributed by atoms with van der Waals surface area (Å²) in [5, 5.41) is 0. The van der Waals surface area contributed by atoms with Gasteiger partial charge in [0.25, 0.3) is 0 Å². The van der Waals surface area contributed by atoms with Gasteiger partial charge in [0.05, 0.1) is 24.9 Å². The van der Waals surface area contributed by atoms with Crippen molar-refractivity contribution >= 4 is 0 Å². The van der Waals surface area contributed by atoms with E-state index in [0.29, 0.717) is 13.2 Å². The molecule has 2 unspecified atom stereocenters. The quantitative estimate of drug-likeness (QED) is 0.457. The first-order valence-corrected chi connectivity index (χ1v) is 4.81. The molecule has 2 atom stereocenters. The van der Waals surface area contributed by atoms with Gasteiger partial charge in [0.1, 0.15) is 0 Å². The van der Waals surface area contributed by atoms with Gasteiger partial charge in [-0.1, -0.05) is 0 Å². The van der Waals surface area contributed by atoms with Crippen LogP contribution in [0.3, 0.4) is 0 Å². The average molecular weight is 190 g/mol. The first kappa shape index (κ1) is 12.8. The molecule has 80 valence electrons. The van der Waals surface area contributed by atoms with Crippen molar-refractivity contribution in [2.24, 2.45) is 5.84 Å². The molecule has 3 N–H and O–H groups in total. The predicted octanol–water partition coefficient (Wildman–Crippen LogP) is 0.668. The highest BCUT2D eigenvalue weighted by Gasteiger charge is 2.16. The Kier molecular flexibility index (Phi) is 7.17. The molecule has 0 aliphatic heterocycles. The third-order valence-corrected chi connectivity index (χ3v) is 1.82. The number of hydrogen-bond acceptors (Lipinski definition) is 4. The normalized spacial score (nSPS) is 16.2. The standard InChI is InChI=1S/C9H22N2O2/c1-5-12-8(4)9(11-10)6-13-7(2)3/h7-9,11H,5-6,10H2,1-4H3. The smallest absolute Gasteiger partial charge is 0.0735 e. The van der Waals surface area contributed by atoms with Crippen LogP contribution in [0.15, 0.2) is 0 Å². The highest BCUT2D eigenvalue weighted by Crippen LogP contribution is 2.00. The molecule has 0 spiro atoms. The van der Waals surface area contributed by atoms with Crippen LogP contribution >= 0.6 is 0 Å². The lowest BCUT2D eigenvalue weighted by molar-refractivity contribution is -0.00553. The third-order valence-electron chi connectivity index (χ3n) is 1.82. The SMILES string of the molecule is CCOC(C)C(COC(C)C)NN. The Morgan fingerprint density at radius 1 is 1.23 bits per heavy atom. The van der Waals surface area contributed by atoms with Crippen molar-refractivity contribution < 1.29 is 9.47 Å². The van der Waals surface area contributed by atoms with Crippen LogP contribution in [-0.4, -0.2) is 31.5 Å². The molecule has 0 bridgehead atoms. The number of ether oxygens (including phenoxy) is 2. The van der Waals surface area contributed by atoms with Gasteiger partial charge >= 0.3 is 0 Å². The van der Waals surface area contributed by atoms with Gasteiger partial charge in [-0.2, -0.15) is 0 Å². The zero-order valence-corrected chi connectivity index (χ0v) is 9.04. The van der Waals surface area contributed by atoms with E-state index in [9.17, 15) is 0 Å². The van der Waals surface area contributed by atoms with Gasteiger partial charge in [-0.3, -0.25) is 11.3 Å². The summed E-state index contributed by atoms with van der Waals surface area (Å²) in [6, 6.07) is 0.0577. The lowest BCUT2D eigenvalue weighted by Gasteiger charge is -2.23. The van der Waals surface area contributed by atoms with Crippen LogP contribution in [0.5, 0.6) is 0 Å². The van der Waals surface area contributed by atoms with Gasteiger partial charge in [0, 0.05) is 6.61 Å². The molecular formula is C9H22N2O2. The van der Waals surface area contributed by atoms with Crippen LogP contribution in [0.1, 0.15) is 27.7 Å². The molecule has 0 aromatic heterocycles. The van der Waals surface area contributed by atoms with Gasteiger partial charge in [-0.15, -0.1) is 0 Å². The van der Waals surface area contributed by atoms with E-state index in [1.54, 1.807) is 0 Å². The van der Waals surface area contributed by atoms with Crippen molar-refractivity contribution in [2.45, 2.75) is 45.9 Å². The number of nitrogens with two attached hydrogens (primary N) is 1. The minimum Gasteiger partial charge on any atom is -0.377 e. The summed E-state index contributed by atoms with van der Waals surface area (Å²) < 4.78 is 10.8. The van der Waals surface area contributed by atoms with E-state index in [-0.39, 0.29) is 18.2 Å². The summed E-state index contributed by atoms with van der Waals surface area (Å²) in [5.74, 6) is 5.38. The lowest BCUT2D eigenvalue weighted by atomic mass is 10.2. The molecule has 4 nitrogen and oxygen atoms in total. The van der Waals surface area contributed by atoms with E-state index in [1.807, 2.05) is 27.7 Å². The molecule has 0 heterocycles. The number of hydrazine groups is 1. The summed E-state index contributed by atoms with van der Waals surface area (Å²) in [7, 11) is 0. The van der Waals surface area contributed by atoms with Gasteiger partial charge < -0.3 is 9.47 Å². The van der Waals surface area contributed by atoms with E-state index in [1.165, 1.54) is 0 Å². The van der Waals surface area contributed by atoms with Crippen LogP contribution in [0.4, 0.5) is 0 Å². The van der Waals surface area contributed by atoms with E-state index >= 15 is 0 Å². The average Bonchev–Trinajstić information content (AvgIpc) is 2.05. The predicted molar refractivity (Wildman–Crippen MR) is 53.3 cm³/mol. The van der Waals surface area contributed by atoms with Crippen molar-refractivity contribution in [3.63, 3.8) is 0 Å². The maximum absolute atomic E-state index is 5.44. The highest BCUT2D eigenvalue weighted by molar-refractivity contribution is 4.70. The zero-order chi connectivity index (χ0) is 10.3. The van der Waals surface area contributed by atoms with Crippen molar-refractivity contribution in [3.8, 4) is 0 Å². The minimum absolute atomic E-state index is 0.0577. The Balaban J connectivity index is 3.73. The number of hydrogen-bond donors (Lipinski definition) is 2. The molecule has 0 aliphatic carbocycles. The van der Waals surface area contributed by atoms with Crippen LogP contribution < -0.4 is 11.3 Å². The van der Waals surface area contributed by atoms with Gasteiger partial charge in [-0.25, -0.2) is 0 Å². The Morgan fingerprint density at radius 3 is 2.23 bits per heavy atom. The Bertz CT molecular complexity index is 120. The molecule has 0 saturated carbocycles. The Labute approximate surface area is 80.7 Å². The summed E-state index contributed by atoms with van der Waals surface area (Å²) in [6.07, 6.45) is 0.304. The fourth-order valence-corrected chi connectivity index (χ4v) is 0.994. The lowest BCUT2D eigenvalue weighted by Crippen LogP contribution is -2.47. The summed E-state index contributed by atoms with van der Waals surface area (Å²) in [4.78, 5) is 0. The van der Waals surface area contributed by atoms with Crippen molar-refractivity contribution in [1.29, 1.82) is 0 Å². The zero-order valence-electron chi connectivity index (χ0n) is 9.04. The maximum Gasteiger partial charge on any atom is 0.0735 e. The van der Waals surface area contributed by atoms with Crippen LogP contribution in [0.25, 0.3) is 0 Å². The van der Waals surface area contributed by atoms with Crippen LogP contribution in [-0.2, 0) is 9.47 Å². The van der Waals surface area contributed by atoms with Gasteiger partial charge in [-0.05, 0) is 27.7 Å². The molecule has 0 radical (unpaired) electrons. The molecule has 0 saturated heterocycles. The third kappa shape index (κ3) is 5.99. The van der Waals surface area contributed by atoms with Crippen molar-refractivity contribution in [3.05, 3.63) is 0 Å². The second kappa shape index (κ2) is 7.26. The van der Waals surface area contributed by atoms with Gasteiger partial charge in [0.15, 0.2) is 0 Å². The minimum atomic E-state index is 0.0577. The van der Waals surface area contributed by atoms with Crippen LogP contribution in [0.2, 0.25) is 0 Å². The van der Waals surface area contributed by atoms with E-state index in [2.05, 4.69) is 5.43 Å². The fraction of sp³-hybridized carbons (Fsp3) is 1.00. The van der Waals surface area contributed by atoms with Crippen molar-refractivity contribution in [2.75, 3.05) is 13.2 Å². The van der Waals surface area contributed by atoms with Crippen molar-refractivity contribution in [1.82, 2.24) is 5.43 Å². The Morgan fingerprint density at radius 2 is 1.85 bits per heavy atom. The maximum atomic E-state index is 5.44. The van der Waals surface area contributed by atoms with Crippen LogP contribution in [0, 0.1) is 0 Å². The first-order chi connectivity index (χ1) is 6.11. The summed E-state index contributed by atoms with van der Waals surface area (Å²) in [5.41, 5.74) is 2.69. The second-order valence-electron chi connectivity index (χ2n) is 3.32. The molecule has 0 fully saturated rings. The fourth-order valence-electron chi connectivity index (χ4n) is 0.994. The first-order valence-electron chi connectivity index (χ1n) is 4.81.